The molecule has 1 fully saturated rings. The van der Waals surface area contributed by atoms with Crippen molar-refractivity contribution in [2.45, 2.75) is 4.90 Å². The SMILES string of the molecule is CSc1ccc(/C=C2/C(=O)N(c3ccccc3)C(=S)N2C)cc1. The van der Waals surface area contributed by atoms with Crippen LogP contribution < -0.4 is 4.90 Å². The molecule has 23 heavy (non-hydrogen) atoms. The van der Waals surface area contributed by atoms with E-state index in [2.05, 4.69) is 0 Å². The van der Waals surface area contributed by atoms with Crippen LogP contribution >= 0.6 is 24.0 Å². The Labute approximate surface area is 145 Å². The Hall–Kier alpha value is -2.11. The summed E-state index contributed by atoms with van der Waals surface area (Å²) in [6.07, 6.45) is 3.92. The summed E-state index contributed by atoms with van der Waals surface area (Å²) in [4.78, 5) is 17.3. The van der Waals surface area contributed by atoms with E-state index >= 15 is 0 Å². The molecule has 1 aliphatic rings. The van der Waals surface area contributed by atoms with Gasteiger partial charge in [0.15, 0.2) is 5.11 Å². The van der Waals surface area contributed by atoms with Crippen LogP contribution in [0.5, 0.6) is 0 Å². The van der Waals surface area contributed by atoms with Crippen LogP contribution in [0, 0.1) is 0 Å². The molecule has 0 saturated carbocycles. The first kappa shape index (κ1) is 15.8. The first-order valence-corrected chi connectivity index (χ1v) is 8.78. The van der Waals surface area contributed by atoms with Gasteiger partial charge in [0.25, 0.3) is 5.91 Å². The van der Waals surface area contributed by atoms with Gasteiger partial charge in [0.05, 0.1) is 5.69 Å². The molecule has 0 aromatic heterocycles. The Bertz CT molecular complexity index is 769. The number of carbonyl (C=O) groups excluding carboxylic acids is 1. The van der Waals surface area contributed by atoms with E-state index < -0.39 is 0 Å². The minimum absolute atomic E-state index is 0.0994. The van der Waals surface area contributed by atoms with Gasteiger partial charge in [-0.05, 0) is 54.4 Å². The summed E-state index contributed by atoms with van der Waals surface area (Å²) in [6.45, 7) is 0. The van der Waals surface area contributed by atoms with Gasteiger partial charge in [0, 0.05) is 11.9 Å². The highest BCUT2D eigenvalue weighted by Crippen LogP contribution is 2.28. The number of nitrogens with zero attached hydrogens (tertiary/aromatic N) is 2. The molecule has 3 nitrogen and oxygen atoms in total. The summed E-state index contributed by atoms with van der Waals surface area (Å²) < 4.78 is 0. The zero-order valence-corrected chi connectivity index (χ0v) is 14.5. The second-order valence-electron chi connectivity index (χ2n) is 5.12. The summed E-state index contributed by atoms with van der Waals surface area (Å²) in [5.41, 5.74) is 2.35. The minimum Gasteiger partial charge on any atom is -0.317 e. The highest BCUT2D eigenvalue weighted by molar-refractivity contribution is 7.98. The second-order valence-corrected chi connectivity index (χ2v) is 6.37. The first-order chi connectivity index (χ1) is 11.1. The molecular weight excluding hydrogens is 324 g/mol. The molecular formula is C18H16N2OS2. The van der Waals surface area contributed by atoms with E-state index in [-0.39, 0.29) is 5.91 Å². The molecule has 0 atom stereocenters. The van der Waals surface area contributed by atoms with Crippen molar-refractivity contribution in [3.05, 3.63) is 65.9 Å². The van der Waals surface area contributed by atoms with Gasteiger partial charge in [-0.25, -0.2) is 0 Å². The normalized spacial score (nSPS) is 16.5. The molecule has 0 bridgehead atoms. The van der Waals surface area contributed by atoms with E-state index in [1.54, 1.807) is 21.6 Å². The van der Waals surface area contributed by atoms with E-state index in [0.717, 1.165) is 11.3 Å². The zero-order chi connectivity index (χ0) is 16.4. The fourth-order valence-electron chi connectivity index (χ4n) is 2.42. The third kappa shape index (κ3) is 3.02. The van der Waals surface area contributed by atoms with Gasteiger partial charge in [-0.15, -0.1) is 11.8 Å². The van der Waals surface area contributed by atoms with E-state index in [1.807, 2.05) is 74.0 Å². The van der Waals surface area contributed by atoms with Crippen LogP contribution in [0.15, 0.2) is 65.2 Å². The van der Waals surface area contributed by atoms with Crippen molar-refractivity contribution in [2.75, 3.05) is 18.2 Å². The molecule has 0 spiro atoms. The average molecular weight is 340 g/mol. The lowest BCUT2D eigenvalue weighted by molar-refractivity contribution is -0.114. The number of likely N-dealkylation sites (N-methyl/N-ethyl adjacent to an activating group) is 1. The lowest BCUT2D eigenvalue weighted by atomic mass is 10.2. The van der Waals surface area contributed by atoms with Gasteiger partial charge in [-0.3, -0.25) is 9.69 Å². The maximum absolute atomic E-state index is 12.8. The maximum Gasteiger partial charge on any atom is 0.281 e. The molecule has 0 N–H and O–H groups in total. The van der Waals surface area contributed by atoms with Crippen molar-refractivity contribution < 1.29 is 4.79 Å². The fraction of sp³-hybridized carbons (Fsp3) is 0.111. The molecule has 1 heterocycles. The van der Waals surface area contributed by atoms with E-state index in [1.165, 1.54) is 4.90 Å². The van der Waals surface area contributed by atoms with Gasteiger partial charge in [-0.2, -0.15) is 0 Å². The Kier molecular flexibility index (Phi) is 4.50. The number of para-hydroxylation sites is 1. The largest absolute Gasteiger partial charge is 0.317 e. The average Bonchev–Trinajstić information content (AvgIpc) is 2.80. The standard InChI is InChI=1S/C18H16N2OS2/c1-19-16(12-13-8-10-15(23-2)11-9-13)17(21)20(18(19)22)14-6-4-3-5-7-14/h3-12H,1-2H3/b16-12-. The summed E-state index contributed by atoms with van der Waals surface area (Å²) in [6, 6.07) is 17.6. The van der Waals surface area contributed by atoms with Crippen molar-refractivity contribution in [2.24, 2.45) is 0 Å². The summed E-state index contributed by atoms with van der Waals surface area (Å²) in [5.74, 6) is -0.0994. The van der Waals surface area contributed by atoms with Crippen LogP contribution in [0.3, 0.4) is 0 Å². The number of rotatable bonds is 3. The second kappa shape index (κ2) is 6.56. The molecule has 1 amide bonds. The Morgan fingerprint density at radius 1 is 1.04 bits per heavy atom. The lowest BCUT2D eigenvalue weighted by Gasteiger charge is -2.16. The highest BCUT2D eigenvalue weighted by Gasteiger charge is 2.36. The van der Waals surface area contributed by atoms with Crippen molar-refractivity contribution >= 4 is 46.8 Å². The number of benzene rings is 2. The van der Waals surface area contributed by atoms with Crippen molar-refractivity contribution in [3.63, 3.8) is 0 Å². The van der Waals surface area contributed by atoms with E-state index in [0.29, 0.717) is 10.8 Å². The number of carbonyl (C=O) groups is 1. The zero-order valence-electron chi connectivity index (χ0n) is 12.9. The smallest absolute Gasteiger partial charge is 0.281 e. The highest BCUT2D eigenvalue weighted by atomic mass is 32.2. The van der Waals surface area contributed by atoms with Gasteiger partial charge in [0.1, 0.15) is 5.70 Å². The molecule has 3 rings (SSSR count). The van der Waals surface area contributed by atoms with Crippen molar-refractivity contribution in [3.8, 4) is 0 Å². The molecule has 116 valence electrons. The fourth-order valence-corrected chi connectivity index (χ4v) is 3.11. The lowest BCUT2D eigenvalue weighted by Crippen LogP contribution is -2.30. The first-order valence-electron chi connectivity index (χ1n) is 7.15. The van der Waals surface area contributed by atoms with Crippen LogP contribution in [0.4, 0.5) is 5.69 Å². The molecule has 0 unspecified atom stereocenters. The van der Waals surface area contributed by atoms with Gasteiger partial charge >= 0.3 is 0 Å². The van der Waals surface area contributed by atoms with Crippen molar-refractivity contribution in [1.29, 1.82) is 0 Å². The quantitative estimate of drug-likeness (QED) is 0.478. The van der Waals surface area contributed by atoms with Crippen molar-refractivity contribution in [1.82, 2.24) is 4.90 Å². The predicted octanol–water partition coefficient (Wildman–Crippen LogP) is 4.01. The van der Waals surface area contributed by atoms with Gasteiger partial charge < -0.3 is 4.90 Å². The number of hydrogen-bond donors (Lipinski definition) is 0. The van der Waals surface area contributed by atoms with Crippen LogP contribution in [0.25, 0.3) is 6.08 Å². The summed E-state index contributed by atoms with van der Waals surface area (Å²) >= 11 is 7.13. The van der Waals surface area contributed by atoms with Crippen LogP contribution in [0.2, 0.25) is 0 Å². The van der Waals surface area contributed by atoms with E-state index in [9.17, 15) is 4.79 Å². The third-order valence-corrected chi connectivity index (χ3v) is 4.90. The number of thioether (sulfide) groups is 1. The Morgan fingerprint density at radius 2 is 1.70 bits per heavy atom. The maximum atomic E-state index is 12.8. The Balaban J connectivity index is 1.95. The molecule has 2 aromatic carbocycles. The summed E-state index contributed by atoms with van der Waals surface area (Å²) in [5, 5.41) is 0.494. The van der Waals surface area contributed by atoms with Crippen LogP contribution in [-0.2, 0) is 4.79 Å². The van der Waals surface area contributed by atoms with E-state index in [4.69, 9.17) is 12.2 Å². The number of hydrogen-bond acceptors (Lipinski definition) is 3. The molecule has 0 aliphatic carbocycles. The molecule has 1 aliphatic heterocycles. The monoisotopic (exact) mass is 340 g/mol. The molecule has 5 heteroatoms. The number of amides is 1. The molecule has 1 saturated heterocycles. The van der Waals surface area contributed by atoms with Gasteiger partial charge in [0.2, 0.25) is 0 Å². The number of thiocarbonyl (C=S) groups is 1. The van der Waals surface area contributed by atoms with Gasteiger partial charge in [-0.1, -0.05) is 30.3 Å². The molecule has 0 radical (unpaired) electrons. The topological polar surface area (TPSA) is 23.6 Å². The van der Waals surface area contributed by atoms with Crippen LogP contribution in [-0.4, -0.2) is 29.2 Å². The number of anilines is 1. The minimum atomic E-state index is -0.0994. The predicted molar refractivity (Wildman–Crippen MR) is 100 cm³/mol. The Morgan fingerprint density at radius 3 is 2.30 bits per heavy atom. The molecule has 2 aromatic rings. The van der Waals surface area contributed by atoms with Crippen LogP contribution in [0.1, 0.15) is 5.56 Å². The summed E-state index contributed by atoms with van der Waals surface area (Å²) in [7, 11) is 1.82. The third-order valence-electron chi connectivity index (χ3n) is 3.70.